The van der Waals surface area contributed by atoms with Gasteiger partial charge in [0.25, 0.3) is 0 Å². The first-order valence-corrected chi connectivity index (χ1v) is 4.03. The highest BCUT2D eigenvalue weighted by Crippen LogP contribution is 2.08. The van der Waals surface area contributed by atoms with Crippen LogP contribution in [0.5, 0.6) is 0 Å². The molecule has 0 radical (unpaired) electrons. The van der Waals surface area contributed by atoms with E-state index >= 15 is 0 Å². The van der Waals surface area contributed by atoms with Gasteiger partial charge in [-0.2, -0.15) is 0 Å². The molecule has 0 unspecified atom stereocenters. The molecule has 1 nitrogen and oxygen atoms in total. The van der Waals surface area contributed by atoms with Gasteiger partial charge in [-0.3, -0.25) is 0 Å². The lowest BCUT2D eigenvalue weighted by Gasteiger charge is -2.34. The van der Waals surface area contributed by atoms with Crippen LogP contribution in [0.15, 0.2) is 12.7 Å². The van der Waals surface area contributed by atoms with Crippen LogP contribution in [-0.4, -0.2) is 24.0 Å². The van der Waals surface area contributed by atoms with Crippen molar-refractivity contribution in [3.8, 4) is 0 Å². The Morgan fingerprint density at radius 3 is 1.80 bits per heavy atom. The fourth-order valence-corrected chi connectivity index (χ4v) is 0.857. The van der Waals surface area contributed by atoms with Crippen molar-refractivity contribution in [2.45, 2.75) is 33.2 Å². The monoisotopic (exact) mass is 141 g/mol. The zero-order chi connectivity index (χ0) is 7.98. The summed E-state index contributed by atoms with van der Waals surface area (Å²) in [6.07, 6.45) is 3.16. The summed E-state index contributed by atoms with van der Waals surface area (Å²) in [6, 6.07) is 0.786. The predicted octanol–water partition coefficient (Wildman–Crippen LogP) is 2.29. The van der Waals surface area contributed by atoms with E-state index in [1.807, 2.05) is 6.92 Å². The SMILES string of the molecule is C=CC.CC(C)N1CCC1. The van der Waals surface area contributed by atoms with Gasteiger partial charge in [-0.05, 0) is 40.3 Å². The van der Waals surface area contributed by atoms with Gasteiger partial charge in [0.1, 0.15) is 0 Å². The molecule has 60 valence electrons. The van der Waals surface area contributed by atoms with E-state index in [1.54, 1.807) is 6.08 Å². The normalized spacial score (nSPS) is 17.2. The summed E-state index contributed by atoms with van der Waals surface area (Å²) >= 11 is 0. The van der Waals surface area contributed by atoms with Crippen LogP contribution in [0.4, 0.5) is 0 Å². The third kappa shape index (κ3) is 3.67. The average Bonchev–Trinajstić information content (AvgIpc) is 1.59. The smallest absolute Gasteiger partial charge is 0.00386 e. The molecule has 0 bridgehead atoms. The fourth-order valence-electron chi connectivity index (χ4n) is 0.857. The average molecular weight is 141 g/mol. The van der Waals surface area contributed by atoms with Crippen molar-refractivity contribution >= 4 is 0 Å². The highest BCUT2D eigenvalue weighted by molar-refractivity contribution is 4.71. The zero-order valence-electron chi connectivity index (χ0n) is 7.43. The topological polar surface area (TPSA) is 3.24 Å². The molecule has 1 rings (SSSR count). The van der Waals surface area contributed by atoms with Gasteiger partial charge in [-0.25, -0.2) is 0 Å². The van der Waals surface area contributed by atoms with Crippen LogP contribution in [0.25, 0.3) is 0 Å². The Morgan fingerprint density at radius 2 is 1.80 bits per heavy atom. The Labute approximate surface area is 64.7 Å². The van der Waals surface area contributed by atoms with Crippen molar-refractivity contribution in [3.05, 3.63) is 12.7 Å². The molecule has 0 N–H and O–H groups in total. The van der Waals surface area contributed by atoms with Crippen LogP contribution in [0.3, 0.4) is 0 Å². The van der Waals surface area contributed by atoms with E-state index in [2.05, 4.69) is 25.3 Å². The minimum Gasteiger partial charge on any atom is -0.301 e. The van der Waals surface area contributed by atoms with Gasteiger partial charge in [-0.15, -0.1) is 6.58 Å². The predicted molar refractivity (Wildman–Crippen MR) is 47.2 cm³/mol. The molecule has 0 amide bonds. The van der Waals surface area contributed by atoms with Gasteiger partial charge < -0.3 is 4.90 Å². The second-order valence-corrected chi connectivity index (χ2v) is 2.89. The van der Waals surface area contributed by atoms with Crippen molar-refractivity contribution in [1.29, 1.82) is 0 Å². The van der Waals surface area contributed by atoms with Crippen LogP contribution in [0, 0.1) is 0 Å². The van der Waals surface area contributed by atoms with E-state index in [0.29, 0.717) is 0 Å². The molecule has 10 heavy (non-hydrogen) atoms. The highest BCUT2D eigenvalue weighted by atomic mass is 15.2. The molecular formula is C9H19N. The molecule has 0 saturated carbocycles. The van der Waals surface area contributed by atoms with E-state index in [-0.39, 0.29) is 0 Å². The molecule has 0 spiro atoms. The van der Waals surface area contributed by atoms with E-state index in [1.165, 1.54) is 19.5 Å². The number of rotatable bonds is 1. The van der Waals surface area contributed by atoms with Gasteiger partial charge in [0.15, 0.2) is 0 Å². The molecule has 0 aliphatic carbocycles. The van der Waals surface area contributed by atoms with Crippen molar-refractivity contribution in [2.24, 2.45) is 0 Å². The van der Waals surface area contributed by atoms with E-state index in [9.17, 15) is 0 Å². The molecule has 1 saturated heterocycles. The van der Waals surface area contributed by atoms with Crippen LogP contribution >= 0.6 is 0 Å². The molecule has 0 aromatic carbocycles. The Bertz CT molecular complexity index is 82.7. The molecule has 1 heterocycles. The minimum atomic E-state index is 0.786. The number of allylic oxidation sites excluding steroid dienone is 1. The Balaban J connectivity index is 0.000000236. The van der Waals surface area contributed by atoms with Crippen molar-refractivity contribution in [1.82, 2.24) is 4.90 Å². The number of nitrogens with zero attached hydrogens (tertiary/aromatic N) is 1. The molecule has 1 aliphatic rings. The third-order valence-corrected chi connectivity index (χ3v) is 1.62. The van der Waals surface area contributed by atoms with Crippen molar-refractivity contribution in [3.63, 3.8) is 0 Å². The lowest BCUT2D eigenvalue weighted by molar-refractivity contribution is 0.138. The molecule has 1 aliphatic heterocycles. The second-order valence-electron chi connectivity index (χ2n) is 2.89. The standard InChI is InChI=1S/C6H13N.C3H6/c1-6(2)7-4-3-5-7;1-3-2/h6H,3-5H2,1-2H3;3H,1H2,2H3. The summed E-state index contributed by atoms with van der Waals surface area (Å²) in [5, 5.41) is 0. The number of hydrogen-bond acceptors (Lipinski definition) is 1. The van der Waals surface area contributed by atoms with E-state index in [0.717, 1.165) is 6.04 Å². The molecular weight excluding hydrogens is 122 g/mol. The lowest BCUT2D eigenvalue weighted by atomic mass is 10.2. The quantitative estimate of drug-likeness (QED) is 0.506. The highest BCUT2D eigenvalue weighted by Gasteiger charge is 2.15. The Kier molecular flexibility index (Phi) is 5.32. The maximum absolute atomic E-state index is 3.36. The zero-order valence-corrected chi connectivity index (χ0v) is 7.43. The number of hydrogen-bond donors (Lipinski definition) is 0. The number of likely N-dealkylation sites (tertiary alicyclic amines) is 1. The summed E-state index contributed by atoms with van der Waals surface area (Å²) in [5.74, 6) is 0. The largest absolute Gasteiger partial charge is 0.301 e. The van der Waals surface area contributed by atoms with E-state index in [4.69, 9.17) is 0 Å². The fraction of sp³-hybridized carbons (Fsp3) is 0.778. The Morgan fingerprint density at radius 1 is 1.40 bits per heavy atom. The van der Waals surface area contributed by atoms with E-state index < -0.39 is 0 Å². The lowest BCUT2D eigenvalue weighted by Crippen LogP contribution is -2.41. The van der Waals surface area contributed by atoms with Gasteiger partial charge in [0, 0.05) is 6.04 Å². The molecule has 0 aromatic heterocycles. The van der Waals surface area contributed by atoms with Crippen molar-refractivity contribution < 1.29 is 0 Å². The first-order valence-electron chi connectivity index (χ1n) is 4.03. The Hall–Kier alpha value is -0.300. The molecule has 1 fully saturated rings. The van der Waals surface area contributed by atoms with Gasteiger partial charge in [0.05, 0.1) is 0 Å². The van der Waals surface area contributed by atoms with Crippen LogP contribution in [0.2, 0.25) is 0 Å². The maximum atomic E-state index is 3.36. The summed E-state index contributed by atoms with van der Waals surface area (Å²) in [6.45, 7) is 12.4. The molecule has 0 aromatic rings. The van der Waals surface area contributed by atoms with Gasteiger partial charge in [-0.1, -0.05) is 6.08 Å². The first kappa shape index (κ1) is 9.70. The van der Waals surface area contributed by atoms with Gasteiger partial charge in [0.2, 0.25) is 0 Å². The molecule has 0 atom stereocenters. The third-order valence-electron chi connectivity index (χ3n) is 1.62. The van der Waals surface area contributed by atoms with Crippen LogP contribution in [0.1, 0.15) is 27.2 Å². The maximum Gasteiger partial charge on any atom is 0.00386 e. The summed E-state index contributed by atoms with van der Waals surface area (Å²) in [4.78, 5) is 2.47. The van der Waals surface area contributed by atoms with Crippen LogP contribution in [-0.2, 0) is 0 Å². The molecule has 1 heteroatoms. The summed E-state index contributed by atoms with van der Waals surface area (Å²) < 4.78 is 0. The summed E-state index contributed by atoms with van der Waals surface area (Å²) in [7, 11) is 0. The van der Waals surface area contributed by atoms with Crippen LogP contribution < -0.4 is 0 Å². The first-order chi connectivity index (χ1) is 4.72. The minimum absolute atomic E-state index is 0.786. The summed E-state index contributed by atoms with van der Waals surface area (Å²) in [5.41, 5.74) is 0. The second kappa shape index (κ2) is 5.48. The van der Waals surface area contributed by atoms with Crippen molar-refractivity contribution in [2.75, 3.05) is 13.1 Å². The van der Waals surface area contributed by atoms with Gasteiger partial charge >= 0.3 is 0 Å².